The first kappa shape index (κ1) is 10.1. The highest BCUT2D eigenvalue weighted by Crippen LogP contribution is 2.23. The molecule has 0 aliphatic carbocycles. The summed E-state index contributed by atoms with van der Waals surface area (Å²) >= 11 is 3.32. The fraction of sp³-hybridized carbons (Fsp3) is 0.222. The van der Waals surface area contributed by atoms with Gasteiger partial charge in [-0.15, -0.1) is 0 Å². The van der Waals surface area contributed by atoms with Crippen LogP contribution in [0.15, 0.2) is 22.7 Å². The predicted octanol–water partition coefficient (Wildman–Crippen LogP) is 2.13. The SMILES string of the molecule is COc1ccc(Br)cc1COC=O. The van der Waals surface area contributed by atoms with Gasteiger partial charge in [-0.25, -0.2) is 0 Å². The molecule has 1 aromatic rings. The number of carbonyl (C=O) groups is 1. The maximum absolute atomic E-state index is 9.99. The second kappa shape index (κ2) is 4.87. The van der Waals surface area contributed by atoms with Gasteiger partial charge in [0, 0.05) is 10.0 Å². The van der Waals surface area contributed by atoms with Gasteiger partial charge in [0.05, 0.1) is 7.11 Å². The molecule has 0 atom stereocenters. The topological polar surface area (TPSA) is 35.5 Å². The molecule has 0 unspecified atom stereocenters. The van der Waals surface area contributed by atoms with Gasteiger partial charge in [0.2, 0.25) is 0 Å². The van der Waals surface area contributed by atoms with E-state index in [9.17, 15) is 4.79 Å². The van der Waals surface area contributed by atoms with Gasteiger partial charge in [0.15, 0.2) is 0 Å². The van der Waals surface area contributed by atoms with E-state index in [0.717, 1.165) is 10.0 Å². The number of hydrogen-bond acceptors (Lipinski definition) is 3. The maximum Gasteiger partial charge on any atom is 0.293 e. The van der Waals surface area contributed by atoms with Crippen LogP contribution in [0.1, 0.15) is 5.56 Å². The lowest BCUT2D eigenvalue weighted by molar-refractivity contribution is -0.129. The molecular formula is C9H9BrO3. The molecule has 0 spiro atoms. The molecule has 0 N–H and O–H groups in total. The van der Waals surface area contributed by atoms with Crippen LogP contribution in [0, 0.1) is 0 Å². The van der Waals surface area contributed by atoms with Crippen LogP contribution < -0.4 is 4.74 Å². The summed E-state index contributed by atoms with van der Waals surface area (Å²) in [7, 11) is 1.58. The van der Waals surface area contributed by atoms with Gasteiger partial charge in [-0.1, -0.05) is 15.9 Å². The molecule has 70 valence electrons. The zero-order chi connectivity index (χ0) is 9.68. The second-order valence-corrected chi connectivity index (χ2v) is 3.28. The number of halogens is 1. The van der Waals surface area contributed by atoms with E-state index in [0.29, 0.717) is 12.2 Å². The highest BCUT2D eigenvalue weighted by Gasteiger charge is 2.03. The van der Waals surface area contributed by atoms with Crippen molar-refractivity contribution in [2.75, 3.05) is 7.11 Å². The Morgan fingerprint density at radius 3 is 2.92 bits per heavy atom. The van der Waals surface area contributed by atoms with E-state index in [4.69, 9.17) is 4.74 Å². The summed E-state index contributed by atoms with van der Waals surface area (Å²) in [5.41, 5.74) is 0.837. The summed E-state index contributed by atoms with van der Waals surface area (Å²) in [5.74, 6) is 0.713. The zero-order valence-corrected chi connectivity index (χ0v) is 8.71. The van der Waals surface area contributed by atoms with Crippen molar-refractivity contribution in [1.29, 1.82) is 0 Å². The van der Waals surface area contributed by atoms with Crippen LogP contribution in [0.3, 0.4) is 0 Å². The molecule has 0 aliphatic heterocycles. The average molecular weight is 245 g/mol. The Kier molecular flexibility index (Phi) is 3.76. The molecule has 0 aliphatic rings. The van der Waals surface area contributed by atoms with Crippen LogP contribution in [0.5, 0.6) is 5.75 Å². The molecule has 0 heterocycles. The third-order valence-electron chi connectivity index (χ3n) is 1.55. The standard InChI is InChI=1S/C9H9BrO3/c1-12-9-3-2-8(10)4-7(9)5-13-6-11/h2-4,6H,5H2,1H3. The Morgan fingerprint density at radius 1 is 1.54 bits per heavy atom. The van der Waals surface area contributed by atoms with Crippen LogP contribution in [0.4, 0.5) is 0 Å². The first-order valence-corrected chi connectivity index (χ1v) is 4.45. The van der Waals surface area contributed by atoms with Gasteiger partial charge in [0.25, 0.3) is 6.47 Å². The van der Waals surface area contributed by atoms with Crippen LogP contribution in [-0.4, -0.2) is 13.6 Å². The van der Waals surface area contributed by atoms with E-state index in [1.807, 2.05) is 18.2 Å². The summed E-state index contributed by atoms with van der Waals surface area (Å²) < 4.78 is 10.6. The van der Waals surface area contributed by atoms with Crippen LogP contribution in [0.25, 0.3) is 0 Å². The maximum atomic E-state index is 9.99. The van der Waals surface area contributed by atoms with Gasteiger partial charge in [-0.3, -0.25) is 4.79 Å². The molecule has 4 heteroatoms. The lowest BCUT2D eigenvalue weighted by Crippen LogP contribution is -1.94. The van der Waals surface area contributed by atoms with Gasteiger partial charge in [-0.05, 0) is 18.2 Å². The van der Waals surface area contributed by atoms with E-state index in [-0.39, 0.29) is 6.61 Å². The van der Waals surface area contributed by atoms with Crippen LogP contribution in [-0.2, 0) is 16.1 Å². The molecule has 1 rings (SSSR count). The Labute approximate surface area is 84.8 Å². The average Bonchev–Trinajstić information content (AvgIpc) is 2.15. The number of ether oxygens (including phenoxy) is 2. The van der Waals surface area contributed by atoms with Crippen molar-refractivity contribution in [2.45, 2.75) is 6.61 Å². The molecule has 0 radical (unpaired) electrons. The third kappa shape index (κ3) is 2.73. The smallest absolute Gasteiger partial charge is 0.293 e. The van der Waals surface area contributed by atoms with E-state index in [1.165, 1.54) is 0 Å². The Bertz CT molecular complexity index is 299. The molecule has 13 heavy (non-hydrogen) atoms. The molecule has 0 aromatic heterocycles. The fourth-order valence-electron chi connectivity index (χ4n) is 0.984. The number of rotatable bonds is 4. The van der Waals surface area contributed by atoms with Crippen molar-refractivity contribution in [1.82, 2.24) is 0 Å². The van der Waals surface area contributed by atoms with Crippen molar-refractivity contribution < 1.29 is 14.3 Å². The lowest BCUT2D eigenvalue weighted by atomic mass is 10.2. The first-order chi connectivity index (χ1) is 6.27. The van der Waals surface area contributed by atoms with Gasteiger partial charge >= 0.3 is 0 Å². The number of methoxy groups -OCH3 is 1. The van der Waals surface area contributed by atoms with Crippen LogP contribution in [0.2, 0.25) is 0 Å². The van der Waals surface area contributed by atoms with Crippen molar-refractivity contribution in [3.63, 3.8) is 0 Å². The Balaban J connectivity index is 2.87. The van der Waals surface area contributed by atoms with E-state index < -0.39 is 0 Å². The predicted molar refractivity (Wildman–Crippen MR) is 51.5 cm³/mol. The summed E-state index contributed by atoms with van der Waals surface area (Å²) in [4.78, 5) is 9.99. The molecule has 3 nitrogen and oxygen atoms in total. The molecular weight excluding hydrogens is 236 g/mol. The summed E-state index contributed by atoms with van der Waals surface area (Å²) in [6, 6.07) is 5.53. The lowest BCUT2D eigenvalue weighted by Gasteiger charge is -2.07. The first-order valence-electron chi connectivity index (χ1n) is 3.65. The third-order valence-corrected chi connectivity index (χ3v) is 2.04. The molecule has 0 bridgehead atoms. The molecule has 0 saturated heterocycles. The fourth-order valence-corrected chi connectivity index (χ4v) is 1.39. The number of hydrogen-bond donors (Lipinski definition) is 0. The molecule has 0 saturated carbocycles. The highest BCUT2D eigenvalue weighted by atomic mass is 79.9. The van der Waals surface area contributed by atoms with Gasteiger partial charge in [0.1, 0.15) is 12.4 Å². The van der Waals surface area contributed by atoms with Gasteiger partial charge in [-0.2, -0.15) is 0 Å². The van der Waals surface area contributed by atoms with Crippen LogP contribution >= 0.6 is 15.9 Å². The zero-order valence-electron chi connectivity index (χ0n) is 7.12. The second-order valence-electron chi connectivity index (χ2n) is 2.36. The molecule has 0 fully saturated rings. The molecule has 1 aromatic carbocycles. The summed E-state index contributed by atoms with van der Waals surface area (Å²) in [6.45, 7) is 0.645. The van der Waals surface area contributed by atoms with Crippen molar-refractivity contribution in [3.8, 4) is 5.75 Å². The quantitative estimate of drug-likeness (QED) is 0.762. The normalized spacial score (nSPS) is 9.38. The monoisotopic (exact) mass is 244 g/mol. The van der Waals surface area contributed by atoms with E-state index in [2.05, 4.69) is 20.7 Å². The number of carbonyl (C=O) groups excluding carboxylic acids is 1. The minimum absolute atomic E-state index is 0.228. The van der Waals surface area contributed by atoms with Crippen molar-refractivity contribution in [2.24, 2.45) is 0 Å². The van der Waals surface area contributed by atoms with Gasteiger partial charge < -0.3 is 9.47 Å². The largest absolute Gasteiger partial charge is 0.496 e. The Hall–Kier alpha value is -1.03. The summed E-state index contributed by atoms with van der Waals surface area (Å²) in [6.07, 6.45) is 0. The Morgan fingerprint density at radius 2 is 2.31 bits per heavy atom. The van der Waals surface area contributed by atoms with E-state index >= 15 is 0 Å². The number of benzene rings is 1. The molecule has 0 amide bonds. The van der Waals surface area contributed by atoms with E-state index in [1.54, 1.807) is 7.11 Å². The summed E-state index contributed by atoms with van der Waals surface area (Å²) in [5, 5.41) is 0. The minimum atomic E-state index is 0.228. The highest BCUT2D eigenvalue weighted by molar-refractivity contribution is 9.10. The van der Waals surface area contributed by atoms with Crippen molar-refractivity contribution in [3.05, 3.63) is 28.2 Å². The van der Waals surface area contributed by atoms with Crippen molar-refractivity contribution >= 4 is 22.4 Å². The minimum Gasteiger partial charge on any atom is -0.496 e.